The number of hydrogen-bond donors (Lipinski definition) is 0. The average Bonchev–Trinajstić information content (AvgIpc) is 2.48. The van der Waals surface area contributed by atoms with E-state index in [9.17, 15) is 8.42 Å². The van der Waals surface area contributed by atoms with E-state index in [1.165, 1.54) is 4.68 Å². The van der Waals surface area contributed by atoms with Gasteiger partial charge in [0.05, 0.1) is 18.5 Å². The molecule has 0 saturated carbocycles. The summed E-state index contributed by atoms with van der Waals surface area (Å²) in [6, 6.07) is 1.63. The first-order valence-corrected chi connectivity index (χ1v) is 6.13. The van der Waals surface area contributed by atoms with Crippen LogP contribution in [0.4, 0.5) is 0 Å². The predicted molar refractivity (Wildman–Crippen MR) is 51.6 cm³/mol. The monoisotopic (exact) mass is 222 g/mol. The van der Waals surface area contributed by atoms with Crippen molar-refractivity contribution in [2.45, 2.75) is 13.5 Å². The second-order valence-electron chi connectivity index (χ2n) is 2.61. The van der Waals surface area contributed by atoms with E-state index < -0.39 is 9.84 Å². The quantitative estimate of drug-likeness (QED) is 0.763. The molecule has 4 nitrogen and oxygen atoms in total. The maximum atomic E-state index is 11.1. The topological polar surface area (TPSA) is 52.0 Å². The lowest BCUT2D eigenvalue weighted by Gasteiger charge is -2.02. The highest BCUT2D eigenvalue weighted by atomic mass is 35.5. The highest BCUT2D eigenvalue weighted by Crippen LogP contribution is 2.06. The first-order chi connectivity index (χ1) is 6.05. The minimum atomic E-state index is -2.93. The molecular weight excluding hydrogens is 212 g/mol. The standard InChI is InChI=1S/C7H11ClN2O2S/c1-2-13(11,12)6-5-10-7(8)3-4-9-10/h3-4H,2,5-6H2,1H3. The van der Waals surface area contributed by atoms with Crippen LogP contribution in [0.5, 0.6) is 0 Å². The Morgan fingerprint density at radius 1 is 1.62 bits per heavy atom. The first-order valence-electron chi connectivity index (χ1n) is 3.93. The average molecular weight is 223 g/mol. The molecule has 0 bridgehead atoms. The molecule has 0 N–H and O–H groups in total. The van der Waals surface area contributed by atoms with Crippen LogP contribution < -0.4 is 0 Å². The minimum Gasteiger partial charge on any atom is -0.253 e. The van der Waals surface area contributed by atoms with Crippen molar-refractivity contribution >= 4 is 21.4 Å². The Morgan fingerprint density at radius 2 is 2.31 bits per heavy atom. The molecule has 0 radical (unpaired) electrons. The molecule has 1 aromatic rings. The largest absolute Gasteiger partial charge is 0.253 e. The van der Waals surface area contributed by atoms with Crippen molar-refractivity contribution < 1.29 is 8.42 Å². The van der Waals surface area contributed by atoms with Crippen molar-refractivity contribution in [2.24, 2.45) is 0 Å². The van der Waals surface area contributed by atoms with Crippen molar-refractivity contribution in [1.29, 1.82) is 0 Å². The fourth-order valence-corrected chi connectivity index (χ4v) is 1.78. The Balaban J connectivity index is 2.58. The summed E-state index contributed by atoms with van der Waals surface area (Å²) in [5, 5.41) is 4.34. The van der Waals surface area contributed by atoms with Crippen molar-refractivity contribution in [3.05, 3.63) is 17.4 Å². The zero-order valence-corrected chi connectivity index (χ0v) is 8.85. The molecule has 0 aromatic carbocycles. The van der Waals surface area contributed by atoms with Crippen molar-refractivity contribution in [2.75, 3.05) is 11.5 Å². The minimum absolute atomic E-state index is 0.0882. The van der Waals surface area contributed by atoms with E-state index in [0.29, 0.717) is 11.7 Å². The number of hydrogen-bond acceptors (Lipinski definition) is 3. The molecule has 0 aliphatic heterocycles. The molecule has 0 aliphatic carbocycles. The maximum Gasteiger partial charge on any atom is 0.151 e. The zero-order valence-electron chi connectivity index (χ0n) is 7.27. The molecule has 0 aliphatic rings. The van der Waals surface area contributed by atoms with Gasteiger partial charge < -0.3 is 0 Å². The number of aryl methyl sites for hydroxylation is 1. The van der Waals surface area contributed by atoms with Crippen LogP contribution in [0.2, 0.25) is 5.15 Å². The van der Waals surface area contributed by atoms with Crippen LogP contribution in [0.3, 0.4) is 0 Å². The molecule has 0 amide bonds. The van der Waals surface area contributed by atoms with E-state index in [-0.39, 0.29) is 11.5 Å². The molecule has 6 heteroatoms. The van der Waals surface area contributed by atoms with Gasteiger partial charge in [-0.25, -0.2) is 8.42 Å². The van der Waals surface area contributed by atoms with E-state index >= 15 is 0 Å². The molecule has 1 heterocycles. The fourth-order valence-electron chi connectivity index (χ4n) is 0.851. The molecule has 0 fully saturated rings. The van der Waals surface area contributed by atoms with E-state index in [0.717, 1.165) is 0 Å². The van der Waals surface area contributed by atoms with Gasteiger partial charge in [-0.3, -0.25) is 4.68 Å². The van der Waals surface area contributed by atoms with Crippen LogP contribution in [0.1, 0.15) is 6.92 Å². The van der Waals surface area contributed by atoms with Gasteiger partial charge in [-0.2, -0.15) is 5.10 Å². The summed E-state index contributed by atoms with van der Waals surface area (Å²) < 4.78 is 23.7. The summed E-state index contributed by atoms with van der Waals surface area (Å²) >= 11 is 5.72. The molecule has 0 unspecified atom stereocenters. The van der Waals surface area contributed by atoms with Gasteiger partial charge >= 0.3 is 0 Å². The number of halogens is 1. The lowest BCUT2D eigenvalue weighted by Crippen LogP contribution is -2.15. The summed E-state index contributed by atoms with van der Waals surface area (Å²) in [7, 11) is -2.93. The van der Waals surface area contributed by atoms with Gasteiger partial charge in [0.1, 0.15) is 5.15 Å². The van der Waals surface area contributed by atoms with Crippen molar-refractivity contribution in [3.8, 4) is 0 Å². The molecule has 0 spiro atoms. The highest BCUT2D eigenvalue weighted by molar-refractivity contribution is 7.91. The van der Waals surface area contributed by atoms with Crippen LogP contribution in [0.15, 0.2) is 12.3 Å². The van der Waals surface area contributed by atoms with Gasteiger partial charge in [0.25, 0.3) is 0 Å². The van der Waals surface area contributed by atoms with Crippen LogP contribution in [0, 0.1) is 0 Å². The Hall–Kier alpha value is -0.550. The predicted octanol–water partition coefficient (Wildman–Crippen LogP) is 0.971. The Kier molecular flexibility index (Phi) is 3.33. The summed E-state index contributed by atoms with van der Waals surface area (Å²) in [6.45, 7) is 1.95. The molecule has 13 heavy (non-hydrogen) atoms. The van der Waals surface area contributed by atoms with Gasteiger partial charge in [-0.15, -0.1) is 0 Å². The number of nitrogens with zero attached hydrogens (tertiary/aromatic N) is 2. The molecular formula is C7H11ClN2O2S. The molecule has 0 saturated heterocycles. The Bertz CT molecular complexity index is 372. The van der Waals surface area contributed by atoms with Crippen molar-refractivity contribution in [1.82, 2.24) is 9.78 Å². The van der Waals surface area contributed by atoms with E-state index in [1.54, 1.807) is 19.2 Å². The summed E-state index contributed by atoms with van der Waals surface area (Å²) in [6.07, 6.45) is 1.54. The lowest BCUT2D eigenvalue weighted by atomic mass is 10.7. The summed E-state index contributed by atoms with van der Waals surface area (Å²) in [5.74, 6) is 0.247. The third-order valence-corrected chi connectivity index (χ3v) is 3.72. The molecule has 74 valence electrons. The number of aromatic nitrogens is 2. The number of rotatable bonds is 4. The van der Waals surface area contributed by atoms with E-state index in [2.05, 4.69) is 5.10 Å². The third kappa shape index (κ3) is 3.00. The lowest BCUT2D eigenvalue weighted by molar-refractivity contribution is 0.582. The van der Waals surface area contributed by atoms with Crippen LogP contribution in [-0.2, 0) is 16.4 Å². The van der Waals surface area contributed by atoms with Crippen LogP contribution >= 0.6 is 11.6 Å². The number of sulfone groups is 1. The second kappa shape index (κ2) is 4.11. The van der Waals surface area contributed by atoms with Crippen LogP contribution in [-0.4, -0.2) is 29.7 Å². The van der Waals surface area contributed by atoms with E-state index in [4.69, 9.17) is 11.6 Å². The summed E-state index contributed by atoms with van der Waals surface area (Å²) in [4.78, 5) is 0. The molecule has 1 rings (SSSR count). The van der Waals surface area contributed by atoms with Gasteiger partial charge in [0, 0.05) is 5.75 Å². The molecule has 0 atom stereocenters. The zero-order chi connectivity index (χ0) is 9.90. The first kappa shape index (κ1) is 10.5. The Labute approximate surface area is 82.4 Å². The van der Waals surface area contributed by atoms with Crippen molar-refractivity contribution in [3.63, 3.8) is 0 Å². The smallest absolute Gasteiger partial charge is 0.151 e. The van der Waals surface area contributed by atoms with Gasteiger partial charge in [-0.1, -0.05) is 18.5 Å². The SMILES string of the molecule is CCS(=O)(=O)CCn1nccc1Cl. The summed E-state index contributed by atoms with van der Waals surface area (Å²) in [5.41, 5.74) is 0. The van der Waals surface area contributed by atoms with E-state index in [1.807, 2.05) is 0 Å². The van der Waals surface area contributed by atoms with Crippen LogP contribution in [0.25, 0.3) is 0 Å². The highest BCUT2D eigenvalue weighted by Gasteiger charge is 2.08. The fraction of sp³-hybridized carbons (Fsp3) is 0.571. The maximum absolute atomic E-state index is 11.1. The molecule has 1 aromatic heterocycles. The second-order valence-corrected chi connectivity index (χ2v) is 5.47. The van der Waals surface area contributed by atoms with Gasteiger partial charge in [0.15, 0.2) is 9.84 Å². The normalized spacial score (nSPS) is 11.8. The third-order valence-electron chi connectivity index (χ3n) is 1.72. The van der Waals surface area contributed by atoms with Gasteiger partial charge in [0.2, 0.25) is 0 Å². The Morgan fingerprint density at radius 3 is 2.77 bits per heavy atom. The van der Waals surface area contributed by atoms with Gasteiger partial charge in [-0.05, 0) is 6.07 Å².